The quantitative estimate of drug-likeness (QED) is 0.670. The summed E-state index contributed by atoms with van der Waals surface area (Å²) in [6.07, 6.45) is 8.62. The number of fused-ring (bicyclic) bond motifs is 1. The summed E-state index contributed by atoms with van der Waals surface area (Å²) < 4.78 is 0. The molecule has 0 bridgehead atoms. The van der Waals surface area contributed by atoms with Crippen molar-refractivity contribution in [2.24, 2.45) is 0 Å². The molecule has 3 heterocycles. The molecule has 6 heteroatoms. The van der Waals surface area contributed by atoms with Crippen LogP contribution < -0.4 is 0 Å². The van der Waals surface area contributed by atoms with Crippen LogP contribution in [0, 0.1) is 0 Å². The van der Waals surface area contributed by atoms with Crippen LogP contribution in [0.4, 0.5) is 0 Å². The molecule has 0 atom stereocenters. The minimum atomic E-state index is 0.858. The van der Waals surface area contributed by atoms with Gasteiger partial charge in [0.1, 0.15) is 5.82 Å². The maximum Gasteiger partial charge on any atom is 0.187 e. The smallest absolute Gasteiger partial charge is 0.187 e. The lowest BCUT2D eigenvalue weighted by molar-refractivity contribution is 0.237. The lowest BCUT2D eigenvalue weighted by Crippen LogP contribution is -2.31. The third-order valence-corrected chi connectivity index (χ3v) is 3.66. The van der Waals surface area contributed by atoms with Gasteiger partial charge >= 0.3 is 0 Å². The van der Waals surface area contributed by atoms with E-state index in [4.69, 9.17) is 0 Å². The first-order valence-electron chi connectivity index (χ1n) is 5.94. The normalized spacial score (nSPS) is 15.6. The molecule has 0 spiro atoms. The zero-order chi connectivity index (χ0) is 12.4. The van der Waals surface area contributed by atoms with Gasteiger partial charge in [-0.3, -0.25) is 4.90 Å². The molecule has 0 unspecified atom stereocenters. The van der Waals surface area contributed by atoms with E-state index in [1.807, 2.05) is 18.6 Å². The van der Waals surface area contributed by atoms with Gasteiger partial charge in [-0.25, -0.2) is 15.0 Å². The van der Waals surface area contributed by atoms with Crippen molar-refractivity contribution in [3.8, 4) is 0 Å². The van der Waals surface area contributed by atoms with E-state index in [1.54, 1.807) is 18.0 Å². The molecule has 18 heavy (non-hydrogen) atoms. The van der Waals surface area contributed by atoms with E-state index in [9.17, 15) is 0 Å². The summed E-state index contributed by atoms with van der Waals surface area (Å²) in [6, 6.07) is 0. The maximum absolute atomic E-state index is 4.56. The number of rotatable bonds is 3. The highest BCUT2D eigenvalue weighted by Crippen LogP contribution is 2.19. The van der Waals surface area contributed by atoms with Crippen molar-refractivity contribution in [1.82, 2.24) is 24.8 Å². The van der Waals surface area contributed by atoms with Crippen molar-refractivity contribution >= 4 is 11.8 Å². The van der Waals surface area contributed by atoms with Crippen molar-refractivity contribution in [3.63, 3.8) is 0 Å². The molecular formula is C12H15N5S. The van der Waals surface area contributed by atoms with Gasteiger partial charge in [-0.05, 0) is 6.26 Å². The fraction of sp³-hybridized carbons (Fsp3) is 0.417. The summed E-state index contributed by atoms with van der Waals surface area (Å²) >= 11 is 1.60. The van der Waals surface area contributed by atoms with Crippen LogP contribution in [-0.4, -0.2) is 37.6 Å². The summed E-state index contributed by atoms with van der Waals surface area (Å²) in [7, 11) is 0. The Labute approximate surface area is 110 Å². The number of aromatic amines is 1. The molecule has 1 aliphatic heterocycles. The van der Waals surface area contributed by atoms with Crippen molar-refractivity contribution in [2.75, 3.05) is 12.8 Å². The lowest BCUT2D eigenvalue weighted by Gasteiger charge is -2.27. The van der Waals surface area contributed by atoms with Crippen molar-refractivity contribution < 1.29 is 0 Å². The summed E-state index contributed by atoms with van der Waals surface area (Å²) in [6.45, 7) is 2.79. The van der Waals surface area contributed by atoms with E-state index in [-0.39, 0.29) is 0 Å². The number of H-pyrrole nitrogens is 1. The van der Waals surface area contributed by atoms with Gasteiger partial charge in [0.25, 0.3) is 0 Å². The summed E-state index contributed by atoms with van der Waals surface area (Å²) in [5.41, 5.74) is 2.44. The third-order valence-electron chi connectivity index (χ3n) is 3.10. The highest BCUT2D eigenvalue weighted by Gasteiger charge is 2.18. The van der Waals surface area contributed by atoms with E-state index < -0.39 is 0 Å². The number of hydrogen-bond acceptors (Lipinski definition) is 5. The van der Waals surface area contributed by atoms with Crippen LogP contribution >= 0.6 is 11.8 Å². The Morgan fingerprint density at radius 2 is 2.39 bits per heavy atom. The predicted octanol–water partition coefficient (Wildman–Crippen LogP) is 1.48. The maximum atomic E-state index is 4.56. The summed E-state index contributed by atoms with van der Waals surface area (Å²) in [4.78, 5) is 18.7. The van der Waals surface area contributed by atoms with Gasteiger partial charge in [-0.2, -0.15) is 0 Å². The zero-order valence-electron chi connectivity index (χ0n) is 10.3. The topological polar surface area (TPSA) is 57.7 Å². The van der Waals surface area contributed by atoms with E-state index in [2.05, 4.69) is 24.8 Å². The highest BCUT2D eigenvalue weighted by molar-refractivity contribution is 7.98. The first-order valence-corrected chi connectivity index (χ1v) is 7.17. The van der Waals surface area contributed by atoms with Crippen LogP contribution in [0.3, 0.4) is 0 Å². The average molecular weight is 261 g/mol. The fourth-order valence-electron chi connectivity index (χ4n) is 2.19. The molecule has 0 aromatic carbocycles. The third kappa shape index (κ3) is 2.39. The molecule has 94 valence electrons. The molecule has 0 radical (unpaired) electrons. The lowest BCUT2D eigenvalue weighted by atomic mass is 10.1. The monoisotopic (exact) mass is 261 g/mol. The van der Waals surface area contributed by atoms with Crippen LogP contribution in [-0.2, 0) is 19.5 Å². The SMILES string of the molecule is CSc1ncc2c(n1)CCN(Cc1ncc[nH]1)C2. The molecule has 2 aromatic rings. The second-order valence-electron chi connectivity index (χ2n) is 4.33. The summed E-state index contributed by atoms with van der Waals surface area (Å²) in [5.74, 6) is 1.01. The van der Waals surface area contributed by atoms with Gasteiger partial charge in [-0.15, -0.1) is 0 Å². The number of aromatic nitrogens is 4. The van der Waals surface area contributed by atoms with E-state index in [1.165, 1.54) is 11.3 Å². The van der Waals surface area contributed by atoms with E-state index in [0.29, 0.717) is 0 Å². The van der Waals surface area contributed by atoms with E-state index in [0.717, 1.165) is 37.0 Å². The number of imidazole rings is 1. The second-order valence-corrected chi connectivity index (χ2v) is 5.10. The van der Waals surface area contributed by atoms with Crippen LogP contribution in [0.5, 0.6) is 0 Å². The van der Waals surface area contributed by atoms with Crippen LogP contribution in [0.2, 0.25) is 0 Å². The minimum Gasteiger partial charge on any atom is -0.348 e. The van der Waals surface area contributed by atoms with Gasteiger partial charge in [0, 0.05) is 43.7 Å². The van der Waals surface area contributed by atoms with Gasteiger partial charge in [0.15, 0.2) is 5.16 Å². The van der Waals surface area contributed by atoms with Gasteiger partial charge in [0.2, 0.25) is 0 Å². The van der Waals surface area contributed by atoms with Crippen LogP contribution in [0.25, 0.3) is 0 Å². The molecular weight excluding hydrogens is 246 g/mol. The molecule has 3 rings (SSSR count). The Balaban J connectivity index is 1.73. The molecule has 5 nitrogen and oxygen atoms in total. The Morgan fingerprint density at radius 3 is 3.17 bits per heavy atom. The number of nitrogens with zero attached hydrogens (tertiary/aromatic N) is 4. The largest absolute Gasteiger partial charge is 0.348 e. The molecule has 0 amide bonds. The Morgan fingerprint density at radius 1 is 1.44 bits per heavy atom. The molecule has 1 N–H and O–H groups in total. The molecule has 0 aliphatic carbocycles. The minimum absolute atomic E-state index is 0.858. The first-order chi connectivity index (χ1) is 8.85. The zero-order valence-corrected chi connectivity index (χ0v) is 11.1. The Kier molecular flexibility index (Phi) is 3.29. The number of hydrogen-bond donors (Lipinski definition) is 1. The number of thioether (sulfide) groups is 1. The van der Waals surface area contributed by atoms with Crippen molar-refractivity contribution in [2.45, 2.75) is 24.7 Å². The molecule has 0 fully saturated rings. The standard InChI is InChI=1S/C12H15N5S/c1-18-12-15-6-9-7-17(5-2-10(9)16-12)8-11-13-3-4-14-11/h3-4,6H,2,5,7-8H2,1H3,(H,13,14). The van der Waals surface area contributed by atoms with Gasteiger partial charge < -0.3 is 4.98 Å². The highest BCUT2D eigenvalue weighted by atomic mass is 32.2. The Hall–Kier alpha value is -1.40. The van der Waals surface area contributed by atoms with E-state index >= 15 is 0 Å². The summed E-state index contributed by atoms with van der Waals surface area (Å²) in [5, 5.41) is 0.869. The second kappa shape index (κ2) is 5.07. The van der Waals surface area contributed by atoms with Crippen molar-refractivity contribution in [3.05, 3.63) is 35.7 Å². The van der Waals surface area contributed by atoms with Gasteiger partial charge in [0.05, 0.1) is 12.2 Å². The molecule has 0 saturated carbocycles. The van der Waals surface area contributed by atoms with Gasteiger partial charge in [-0.1, -0.05) is 11.8 Å². The molecule has 0 saturated heterocycles. The fourth-order valence-corrected chi connectivity index (χ4v) is 2.55. The predicted molar refractivity (Wildman–Crippen MR) is 70.2 cm³/mol. The van der Waals surface area contributed by atoms with Crippen molar-refractivity contribution in [1.29, 1.82) is 0 Å². The molecule has 1 aliphatic rings. The molecule has 2 aromatic heterocycles. The first kappa shape index (κ1) is 11.7. The van der Waals surface area contributed by atoms with Crippen LogP contribution in [0.15, 0.2) is 23.7 Å². The number of nitrogens with one attached hydrogen (secondary N) is 1. The van der Waals surface area contributed by atoms with Crippen LogP contribution in [0.1, 0.15) is 17.1 Å². The Bertz CT molecular complexity index is 525. The average Bonchev–Trinajstić information content (AvgIpc) is 2.91.